The normalized spacial score (nSPS) is 14.2. The quantitative estimate of drug-likeness (QED) is 0.301. The standard InChI is InChI=1S/C30H31N5O5/c1-18-6-8-20(9-7-18)16-40-24-13-10-21(14-26(24)39-5)28-27(19(2)33-30-31-17-32-35(28)30)29(36)34-23-12-11-22(37-3)15-25(23)38-4/h6-15,17,28H,16H2,1-5H3,(H,34,36)(H,31,32,33)/t28-/m0/s1. The number of aromatic nitrogens is 3. The van der Waals surface area contributed by atoms with Crippen LogP contribution >= 0.6 is 0 Å². The number of aryl methyl sites for hydroxylation is 1. The first-order valence-electron chi connectivity index (χ1n) is 12.7. The van der Waals surface area contributed by atoms with E-state index in [9.17, 15) is 4.79 Å². The van der Waals surface area contributed by atoms with Crippen molar-refractivity contribution in [3.63, 3.8) is 0 Å². The summed E-state index contributed by atoms with van der Waals surface area (Å²) in [4.78, 5) is 18.1. The smallest absolute Gasteiger partial charge is 0.255 e. The van der Waals surface area contributed by atoms with Crippen molar-refractivity contribution in [3.8, 4) is 23.0 Å². The topological polar surface area (TPSA) is 109 Å². The Morgan fingerprint density at radius 3 is 2.42 bits per heavy atom. The predicted molar refractivity (Wildman–Crippen MR) is 151 cm³/mol. The minimum absolute atomic E-state index is 0.321. The van der Waals surface area contributed by atoms with E-state index in [4.69, 9.17) is 18.9 Å². The van der Waals surface area contributed by atoms with Gasteiger partial charge in [-0.2, -0.15) is 10.1 Å². The fourth-order valence-electron chi connectivity index (χ4n) is 4.60. The fraction of sp³-hybridized carbons (Fsp3) is 0.233. The summed E-state index contributed by atoms with van der Waals surface area (Å²) in [7, 11) is 4.70. The van der Waals surface area contributed by atoms with Gasteiger partial charge in [0.2, 0.25) is 5.95 Å². The van der Waals surface area contributed by atoms with Gasteiger partial charge in [-0.3, -0.25) is 4.79 Å². The zero-order valence-electron chi connectivity index (χ0n) is 23.0. The number of allylic oxidation sites excluding steroid dienone is 1. The number of carbonyl (C=O) groups excluding carboxylic acids is 1. The van der Waals surface area contributed by atoms with E-state index in [0.717, 1.165) is 11.1 Å². The Bertz CT molecular complexity index is 1560. The number of anilines is 2. The molecule has 1 aromatic heterocycles. The summed E-state index contributed by atoms with van der Waals surface area (Å²) >= 11 is 0. The highest BCUT2D eigenvalue weighted by molar-refractivity contribution is 6.06. The molecule has 0 unspecified atom stereocenters. The third-order valence-electron chi connectivity index (χ3n) is 6.71. The van der Waals surface area contributed by atoms with Crippen molar-refractivity contribution in [3.05, 3.63) is 95.0 Å². The number of benzene rings is 3. The molecular formula is C30H31N5O5. The molecular weight excluding hydrogens is 510 g/mol. The molecule has 1 amide bonds. The molecule has 0 radical (unpaired) electrons. The lowest BCUT2D eigenvalue weighted by atomic mass is 9.94. The van der Waals surface area contributed by atoms with Crippen LogP contribution in [0, 0.1) is 6.92 Å². The van der Waals surface area contributed by atoms with E-state index in [1.54, 1.807) is 37.1 Å². The zero-order valence-corrected chi connectivity index (χ0v) is 23.0. The third kappa shape index (κ3) is 5.28. The summed E-state index contributed by atoms with van der Waals surface area (Å²) in [6.07, 6.45) is 1.45. The van der Waals surface area contributed by atoms with Crippen LogP contribution in [0.3, 0.4) is 0 Å². The van der Waals surface area contributed by atoms with Gasteiger partial charge in [-0.05, 0) is 49.2 Å². The summed E-state index contributed by atoms with van der Waals surface area (Å²) in [5.41, 5.74) is 4.64. The van der Waals surface area contributed by atoms with Crippen molar-refractivity contribution in [1.82, 2.24) is 14.8 Å². The maximum Gasteiger partial charge on any atom is 0.255 e. The second-order valence-corrected chi connectivity index (χ2v) is 9.30. The van der Waals surface area contributed by atoms with Crippen molar-refractivity contribution < 1.29 is 23.7 Å². The maximum atomic E-state index is 13.8. The molecule has 206 valence electrons. The van der Waals surface area contributed by atoms with Crippen LogP contribution in [0.15, 0.2) is 78.3 Å². The largest absolute Gasteiger partial charge is 0.497 e. The van der Waals surface area contributed by atoms with Gasteiger partial charge in [0.25, 0.3) is 5.91 Å². The molecule has 0 saturated heterocycles. The lowest BCUT2D eigenvalue weighted by molar-refractivity contribution is -0.113. The van der Waals surface area contributed by atoms with Crippen LogP contribution in [0.4, 0.5) is 11.6 Å². The number of carbonyl (C=O) groups is 1. The molecule has 2 N–H and O–H groups in total. The van der Waals surface area contributed by atoms with Crippen LogP contribution in [-0.4, -0.2) is 42.0 Å². The van der Waals surface area contributed by atoms with Gasteiger partial charge in [0.1, 0.15) is 30.5 Å². The van der Waals surface area contributed by atoms with Crippen molar-refractivity contribution in [2.45, 2.75) is 26.5 Å². The maximum absolute atomic E-state index is 13.8. The zero-order chi connectivity index (χ0) is 28.2. The second-order valence-electron chi connectivity index (χ2n) is 9.30. The van der Waals surface area contributed by atoms with Crippen LogP contribution in [-0.2, 0) is 11.4 Å². The van der Waals surface area contributed by atoms with E-state index in [1.807, 2.05) is 44.2 Å². The minimum atomic E-state index is -0.581. The SMILES string of the molecule is COc1ccc(NC(=O)C2=C(C)Nc3ncnn3[C@H]2c2ccc(OCc3ccc(C)cc3)c(OC)c2)c(OC)c1. The third-order valence-corrected chi connectivity index (χ3v) is 6.71. The molecule has 0 fully saturated rings. The molecule has 1 aliphatic rings. The second kappa shape index (κ2) is 11.4. The molecule has 4 aromatic rings. The van der Waals surface area contributed by atoms with Crippen molar-refractivity contribution in [2.24, 2.45) is 0 Å². The number of ether oxygens (including phenoxy) is 4. The van der Waals surface area contributed by atoms with Gasteiger partial charge in [0.05, 0.1) is 32.6 Å². The van der Waals surface area contributed by atoms with E-state index < -0.39 is 6.04 Å². The summed E-state index contributed by atoms with van der Waals surface area (Å²) in [5.74, 6) is 2.43. The van der Waals surface area contributed by atoms with Crippen molar-refractivity contribution in [1.29, 1.82) is 0 Å². The fourth-order valence-corrected chi connectivity index (χ4v) is 4.60. The number of amides is 1. The molecule has 40 heavy (non-hydrogen) atoms. The lowest BCUT2D eigenvalue weighted by Gasteiger charge is -2.29. The van der Waals surface area contributed by atoms with E-state index in [1.165, 1.54) is 19.0 Å². The highest BCUT2D eigenvalue weighted by Gasteiger charge is 2.34. The van der Waals surface area contributed by atoms with Gasteiger partial charge in [0.15, 0.2) is 11.5 Å². The predicted octanol–water partition coefficient (Wildman–Crippen LogP) is 5.12. The van der Waals surface area contributed by atoms with Gasteiger partial charge in [-0.25, -0.2) is 4.68 Å². The van der Waals surface area contributed by atoms with E-state index >= 15 is 0 Å². The molecule has 2 heterocycles. The van der Waals surface area contributed by atoms with Crippen LogP contribution in [0.2, 0.25) is 0 Å². The molecule has 3 aromatic carbocycles. The Balaban J connectivity index is 1.47. The summed E-state index contributed by atoms with van der Waals surface area (Å²) in [6, 6.07) is 18.4. The number of nitrogens with one attached hydrogen (secondary N) is 2. The average molecular weight is 542 g/mol. The molecule has 1 aliphatic heterocycles. The van der Waals surface area contributed by atoms with Gasteiger partial charge < -0.3 is 29.6 Å². The summed E-state index contributed by atoms with van der Waals surface area (Å²) in [5, 5.41) is 10.6. The highest BCUT2D eigenvalue weighted by Crippen LogP contribution is 2.39. The Morgan fingerprint density at radius 2 is 1.70 bits per heavy atom. The molecule has 0 saturated carbocycles. The van der Waals surface area contributed by atoms with Crippen molar-refractivity contribution in [2.75, 3.05) is 32.0 Å². The molecule has 10 nitrogen and oxygen atoms in total. The molecule has 0 spiro atoms. The minimum Gasteiger partial charge on any atom is -0.497 e. The van der Waals surface area contributed by atoms with E-state index in [2.05, 4.69) is 32.8 Å². The number of fused-ring (bicyclic) bond motifs is 1. The Morgan fingerprint density at radius 1 is 0.925 bits per heavy atom. The van der Waals surface area contributed by atoms with Crippen LogP contribution in [0.25, 0.3) is 0 Å². The van der Waals surface area contributed by atoms with Crippen LogP contribution in [0.5, 0.6) is 23.0 Å². The highest BCUT2D eigenvalue weighted by atomic mass is 16.5. The van der Waals surface area contributed by atoms with E-state index in [0.29, 0.717) is 52.5 Å². The molecule has 0 aliphatic carbocycles. The molecule has 1 atom stereocenters. The van der Waals surface area contributed by atoms with Gasteiger partial charge >= 0.3 is 0 Å². The number of hydrogen-bond donors (Lipinski definition) is 2. The molecule has 0 bridgehead atoms. The van der Waals surface area contributed by atoms with E-state index in [-0.39, 0.29) is 5.91 Å². The lowest BCUT2D eigenvalue weighted by Crippen LogP contribution is -2.31. The van der Waals surface area contributed by atoms with Gasteiger partial charge in [-0.15, -0.1) is 0 Å². The number of nitrogens with zero attached hydrogens (tertiary/aromatic N) is 3. The number of rotatable bonds is 9. The average Bonchev–Trinajstić information content (AvgIpc) is 3.44. The van der Waals surface area contributed by atoms with Crippen LogP contribution < -0.4 is 29.6 Å². The summed E-state index contributed by atoms with van der Waals surface area (Å²) < 4.78 is 24.2. The van der Waals surface area contributed by atoms with Crippen LogP contribution in [0.1, 0.15) is 29.7 Å². The van der Waals surface area contributed by atoms with Gasteiger partial charge in [-0.1, -0.05) is 35.9 Å². The Labute approximate surface area is 232 Å². The summed E-state index contributed by atoms with van der Waals surface area (Å²) in [6.45, 7) is 4.28. The van der Waals surface area contributed by atoms with Crippen molar-refractivity contribution >= 4 is 17.5 Å². The first-order chi connectivity index (χ1) is 19.4. The monoisotopic (exact) mass is 541 g/mol. The number of methoxy groups -OCH3 is 3. The Hall–Kier alpha value is -4.99. The molecule has 5 rings (SSSR count). The first-order valence-corrected chi connectivity index (χ1v) is 12.7. The number of hydrogen-bond acceptors (Lipinski definition) is 8. The first kappa shape index (κ1) is 26.6. The molecule has 10 heteroatoms. The van der Waals surface area contributed by atoms with Gasteiger partial charge in [0, 0.05) is 11.8 Å². The Kier molecular flexibility index (Phi) is 7.59.